The Bertz CT molecular complexity index is 2700. The van der Waals surface area contributed by atoms with Gasteiger partial charge < -0.3 is 73.8 Å². The molecule has 8 atom stereocenters. The predicted molar refractivity (Wildman–Crippen MR) is 348 cm³/mol. The first-order chi connectivity index (χ1) is 43.8. The number of nitrogens with two attached hydrogens (primary N) is 2. The van der Waals surface area contributed by atoms with Crippen molar-refractivity contribution in [2.45, 2.75) is 153 Å². The zero-order valence-electron chi connectivity index (χ0n) is 53.6. The van der Waals surface area contributed by atoms with Gasteiger partial charge in [0.05, 0.1) is 19.6 Å². The summed E-state index contributed by atoms with van der Waals surface area (Å²) in [7, 11) is 0. The smallest absolute Gasteiger partial charge is 0.326 e. The first kappa shape index (κ1) is 77.0. The number of unbranched alkanes of at least 4 members (excludes halogenated alkanes) is 2. The van der Waals surface area contributed by atoms with E-state index in [1.807, 2.05) is 20.8 Å². The number of likely N-dealkylation sites (tertiary alicyclic amines) is 1. The maximum atomic E-state index is 14.5. The van der Waals surface area contributed by atoms with Crippen molar-refractivity contribution in [1.29, 1.82) is 0 Å². The van der Waals surface area contributed by atoms with Gasteiger partial charge >= 0.3 is 29.8 Å². The van der Waals surface area contributed by atoms with Crippen LogP contribution in [0, 0.1) is 11.8 Å². The van der Waals surface area contributed by atoms with Gasteiger partial charge in [-0.2, -0.15) is 0 Å². The maximum absolute atomic E-state index is 14.5. The van der Waals surface area contributed by atoms with E-state index in [0.29, 0.717) is 75.7 Å². The summed E-state index contributed by atoms with van der Waals surface area (Å²) in [6, 6.07) is 8.25. The van der Waals surface area contributed by atoms with Crippen LogP contribution >= 0.6 is 12.2 Å². The van der Waals surface area contributed by atoms with Gasteiger partial charge in [-0.25, -0.2) is 4.79 Å². The highest BCUT2D eigenvalue weighted by molar-refractivity contribution is 7.80. The molecule has 2 aliphatic heterocycles. The number of nitrogens with zero attached hydrogens (tertiary/aromatic N) is 5. The summed E-state index contributed by atoms with van der Waals surface area (Å²) in [4.78, 5) is 140. The van der Waals surface area contributed by atoms with Crippen molar-refractivity contribution >= 4 is 82.4 Å². The molecule has 2 fully saturated rings. The average Bonchev–Trinajstić information content (AvgIpc) is 1.63. The number of aliphatic carboxylic acids is 5. The Morgan fingerprint density at radius 3 is 1.59 bits per heavy atom. The molecule has 512 valence electrons. The molecule has 28 nitrogen and oxygen atoms in total. The molecule has 0 saturated carbocycles. The number of benzene rings is 2. The number of hydrogen-bond donors (Lipinski definition) is 13. The van der Waals surface area contributed by atoms with Gasteiger partial charge in [0, 0.05) is 71.0 Å². The summed E-state index contributed by atoms with van der Waals surface area (Å²) < 4.78 is 0. The van der Waals surface area contributed by atoms with Crippen LogP contribution in [0.2, 0.25) is 0 Å². The van der Waals surface area contributed by atoms with Crippen molar-refractivity contribution in [2.24, 2.45) is 23.3 Å². The zero-order chi connectivity index (χ0) is 67.9. The molecule has 2 aromatic carbocycles. The van der Waals surface area contributed by atoms with E-state index in [2.05, 4.69) is 31.9 Å². The quantitative estimate of drug-likeness (QED) is 0.0329. The third-order valence-electron chi connectivity index (χ3n) is 16.6. The van der Waals surface area contributed by atoms with Gasteiger partial charge in [-0.15, -0.1) is 0 Å². The van der Waals surface area contributed by atoms with E-state index in [9.17, 15) is 73.5 Å². The number of hydrogen-bond acceptors (Lipinski definition) is 17. The van der Waals surface area contributed by atoms with E-state index in [-0.39, 0.29) is 122 Å². The Morgan fingerprint density at radius 1 is 0.565 bits per heavy atom. The Kier molecular flexibility index (Phi) is 34.0. The van der Waals surface area contributed by atoms with Crippen LogP contribution in [0.4, 0.5) is 5.69 Å². The molecular formula is C63H99N13O15S. The number of carbonyl (C=O) groups excluding carboxylic acids is 5. The summed E-state index contributed by atoms with van der Waals surface area (Å²) in [5.74, 6) is -9.08. The van der Waals surface area contributed by atoms with Crippen LogP contribution in [0.15, 0.2) is 54.6 Å². The second-order valence-electron chi connectivity index (χ2n) is 24.3. The molecule has 2 aliphatic rings. The Morgan fingerprint density at radius 2 is 1.09 bits per heavy atom. The van der Waals surface area contributed by atoms with Gasteiger partial charge in [-0.3, -0.25) is 62.8 Å². The molecule has 15 N–H and O–H groups in total. The van der Waals surface area contributed by atoms with Crippen LogP contribution in [-0.2, 0) is 60.8 Å². The molecule has 1 unspecified atom stereocenters. The standard InChI is InChI=1S/C63H99N13O15S/c1-5-42(4)55(59(86)67-46(16-9-11-25-64)56(83)68-47(17-10-12-26-65)60(87)76-27-13-18-50(76)58(85)69-49(61(88)89)37-44-14-7-6-8-15-44)71-57(84)48(36-41(2)3)70-63(92)66-45-22-19-43(20-23-45)21-24-51(62(90)91)75-34-32-73(39-53(79)80)30-28-72(38-52(77)78)29-31-74(33-35-75)40-54(81)82/h6-8,14-15,19-20,22-23,41-42,46-51,55H,5,9-13,16-18,21,24-40,64-65H2,1-4H3,(H,67,86)(H,68,83)(H,69,85)(H,71,84)(H,77,78)(H,79,80)(H,81,82)(H,88,89)(H,90,91)(H2,66,70,92)/t42-,46-,47-,48-,49-,50-,51?,55-/m0/s1. The third kappa shape index (κ3) is 27.4. The highest BCUT2D eigenvalue weighted by atomic mass is 32.1. The van der Waals surface area contributed by atoms with Gasteiger partial charge in [-0.1, -0.05) is 76.6 Å². The number of aryl methyl sites for hydroxylation is 1. The van der Waals surface area contributed by atoms with Crippen molar-refractivity contribution in [3.63, 3.8) is 0 Å². The highest BCUT2D eigenvalue weighted by Gasteiger charge is 2.40. The molecule has 2 saturated heterocycles. The summed E-state index contributed by atoms with van der Waals surface area (Å²) in [5.41, 5.74) is 13.7. The molecule has 2 heterocycles. The highest BCUT2D eigenvalue weighted by Crippen LogP contribution is 2.22. The van der Waals surface area contributed by atoms with Gasteiger partial charge in [0.15, 0.2) is 5.11 Å². The molecule has 0 radical (unpaired) electrons. The number of rotatable bonds is 37. The van der Waals surface area contributed by atoms with Crippen molar-refractivity contribution in [3.8, 4) is 0 Å². The number of anilines is 1. The molecular weight excluding hydrogens is 1210 g/mol. The van der Waals surface area contributed by atoms with E-state index in [4.69, 9.17) is 23.7 Å². The molecule has 0 aliphatic carbocycles. The SMILES string of the molecule is CC[C@H](C)[C@H](NC(=O)[C@H](CC(C)C)NC(=S)Nc1ccc(CCC(C(=O)O)N2CCN(CC(=O)O)CCN(CC(=O)O)CCN(CC(=O)O)CC2)cc1)C(=O)N[C@@H](CCCCN)C(=O)N[C@@H](CCCCN)C(=O)N1CCC[C@H]1C(=O)N[C@@H](Cc1ccccc1)C(=O)O. The minimum absolute atomic E-state index is 0.0260. The number of carboxylic acids is 5. The Labute approximate surface area is 544 Å². The van der Waals surface area contributed by atoms with Gasteiger partial charge in [-0.05, 0) is 131 Å². The Balaban J connectivity index is 1.45. The van der Waals surface area contributed by atoms with Crippen LogP contribution in [-0.4, -0.2) is 248 Å². The van der Waals surface area contributed by atoms with E-state index in [1.54, 1.807) is 81.1 Å². The lowest BCUT2D eigenvalue weighted by molar-refractivity contribution is -0.145. The largest absolute Gasteiger partial charge is 0.480 e. The lowest BCUT2D eigenvalue weighted by atomic mass is 9.96. The normalized spacial score (nSPS) is 17.9. The number of amides is 5. The summed E-state index contributed by atoms with van der Waals surface area (Å²) in [6.07, 6.45) is 4.18. The van der Waals surface area contributed by atoms with E-state index in [0.717, 1.165) is 5.56 Å². The number of carboxylic acid groups (broad SMARTS) is 5. The molecule has 0 spiro atoms. The minimum Gasteiger partial charge on any atom is -0.480 e. The first-order valence-corrected chi connectivity index (χ1v) is 32.4. The molecule has 29 heteroatoms. The number of carbonyl (C=O) groups is 10. The van der Waals surface area contributed by atoms with Crippen molar-refractivity contribution in [2.75, 3.05) is 96.9 Å². The van der Waals surface area contributed by atoms with Crippen LogP contribution in [0.3, 0.4) is 0 Å². The fourth-order valence-corrected chi connectivity index (χ4v) is 11.5. The van der Waals surface area contributed by atoms with Gasteiger partial charge in [0.1, 0.15) is 42.3 Å². The lowest BCUT2D eigenvalue weighted by Gasteiger charge is -2.35. The molecule has 5 amide bonds. The fourth-order valence-electron chi connectivity index (χ4n) is 11.3. The summed E-state index contributed by atoms with van der Waals surface area (Å²) in [6.45, 7) is 8.64. The third-order valence-corrected chi connectivity index (χ3v) is 16.8. The first-order valence-electron chi connectivity index (χ1n) is 32.0. The molecule has 0 bridgehead atoms. The van der Waals surface area contributed by atoms with Crippen molar-refractivity contribution in [3.05, 3.63) is 65.7 Å². The van der Waals surface area contributed by atoms with Crippen LogP contribution in [0.5, 0.6) is 0 Å². The van der Waals surface area contributed by atoms with Gasteiger partial charge in [0.25, 0.3) is 0 Å². The second-order valence-corrected chi connectivity index (χ2v) is 24.7. The molecule has 2 aromatic rings. The van der Waals surface area contributed by atoms with Crippen LogP contribution in [0.1, 0.15) is 109 Å². The van der Waals surface area contributed by atoms with Crippen LogP contribution < -0.4 is 43.4 Å². The van der Waals surface area contributed by atoms with Crippen LogP contribution in [0.25, 0.3) is 0 Å². The van der Waals surface area contributed by atoms with Crippen molar-refractivity contribution < 1.29 is 73.5 Å². The molecule has 4 rings (SSSR count). The zero-order valence-corrected chi connectivity index (χ0v) is 54.4. The fraction of sp³-hybridized carbons (Fsp3) is 0.635. The summed E-state index contributed by atoms with van der Waals surface area (Å²) >= 11 is 5.73. The average molecular weight is 1310 g/mol. The van der Waals surface area contributed by atoms with E-state index >= 15 is 0 Å². The van der Waals surface area contributed by atoms with E-state index < -0.39 is 108 Å². The second kappa shape index (κ2) is 40.5. The monoisotopic (exact) mass is 1310 g/mol. The molecule has 92 heavy (non-hydrogen) atoms. The molecule has 0 aromatic heterocycles. The minimum atomic E-state index is -1.26. The maximum Gasteiger partial charge on any atom is 0.326 e. The summed E-state index contributed by atoms with van der Waals surface area (Å²) in [5, 5.41) is 67.0. The van der Waals surface area contributed by atoms with Gasteiger partial charge in [0.2, 0.25) is 29.5 Å². The topological polar surface area (TPSA) is 412 Å². The number of thiocarbonyl (C=S) groups is 1. The Hall–Kier alpha value is -7.41. The van der Waals surface area contributed by atoms with E-state index in [1.165, 1.54) is 4.90 Å². The number of nitrogens with one attached hydrogen (secondary N) is 6. The predicted octanol–water partition coefficient (Wildman–Crippen LogP) is 0.810. The lowest BCUT2D eigenvalue weighted by Crippen LogP contribution is -2.60. The van der Waals surface area contributed by atoms with Crippen molar-refractivity contribution in [1.82, 2.24) is 51.1 Å².